The molecule has 0 bridgehead atoms. The molecule has 1 unspecified atom stereocenters. The molecule has 0 aliphatic heterocycles. The van der Waals surface area contributed by atoms with Gasteiger partial charge >= 0.3 is 0 Å². The van der Waals surface area contributed by atoms with Gasteiger partial charge in [-0.05, 0) is 49.2 Å². The van der Waals surface area contributed by atoms with E-state index in [4.69, 9.17) is 9.47 Å². The molecule has 2 rings (SSSR count). The third kappa shape index (κ3) is 6.20. The van der Waals surface area contributed by atoms with Gasteiger partial charge in [-0.2, -0.15) is 0 Å². The molecular weight excluding hydrogens is 392 g/mol. The van der Waals surface area contributed by atoms with Crippen LogP contribution in [0.4, 0.5) is 0 Å². The van der Waals surface area contributed by atoms with E-state index in [-0.39, 0.29) is 17.4 Å². The lowest BCUT2D eigenvalue weighted by molar-refractivity contribution is -0.127. The van der Waals surface area contributed by atoms with Gasteiger partial charge < -0.3 is 14.8 Å². The molecule has 0 saturated heterocycles. The number of carbonyl (C=O) groups is 1. The summed E-state index contributed by atoms with van der Waals surface area (Å²) < 4.78 is 36.6. The van der Waals surface area contributed by atoms with Crippen LogP contribution in [0.2, 0.25) is 0 Å². The number of amides is 1. The number of nitrogens with one attached hydrogen (secondary N) is 1. The minimum atomic E-state index is -3.46. The van der Waals surface area contributed by atoms with E-state index in [9.17, 15) is 13.2 Å². The summed E-state index contributed by atoms with van der Waals surface area (Å²) in [4.78, 5) is 12.4. The Balaban J connectivity index is 1.79. The molecule has 0 radical (unpaired) electrons. The number of carbonyl (C=O) groups excluding carboxylic acids is 1. The Morgan fingerprint density at radius 2 is 1.76 bits per heavy atom. The monoisotopic (exact) mass is 420 g/mol. The number of rotatable bonds is 10. The lowest BCUT2D eigenvalue weighted by Gasteiger charge is -2.17. The van der Waals surface area contributed by atoms with Crippen LogP contribution in [-0.2, 0) is 21.2 Å². The Morgan fingerprint density at radius 3 is 2.38 bits per heavy atom. The maximum Gasteiger partial charge on any atom is 0.260 e. The van der Waals surface area contributed by atoms with Crippen molar-refractivity contribution < 1.29 is 22.7 Å². The average Bonchev–Trinajstić information content (AvgIpc) is 2.71. The van der Waals surface area contributed by atoms with Crippen LogP contribution < -0.4 is 14.8 Å². The lowest BCUT2D eigenvalue weighted by atomic mass is 10.1. The summed E-state index contributed by atoms with van der Waals surface area (Å²) in [6.07, 6.45) is 0.200. The number of hydrogen-bond acceptors (Lipinski definition) is 5. The van der Waals surface area contributed by atoms with Crippen LogP contribution in [0.25, 0.3) is 0 Å². The van der Waals surface area contributed by atoms with E-state index >= 15 is 0 Å². The fraction of sp³-hybridized carbons (Fsp3) is 0.381. The standard InChI is InChI=1S/C21H28N2O5S/c1-5-17-8-6-7-9-20(17)28-16(2)21(24)22-14-15-27-18-10-12-19(13-11-18)29(25,26)23(3)4/h6-13,16H,5,14-15H2,1-4H3,(H,22,24). The van der Waals surface area contributed by atoms with E-state index in [2.05, 4.69) is 5.32 Å². The number of hydrogen-bond donors (Lipinski definition) is 1. The first-order chi connectivity index (χ1) is 13.8. The maximum absolute atomic E-state index is 12.2. The number of sulfonamides is 1. The fourth-order valence-electron chi connectivity index (χ4n) is 2.56. The number of ether oxygens (including phenoxy) is 2. The summed E-state index contributed by atoms with van der Waals surface area (Å²) in [6.45, 7) is 4.29. The summed E-state index contributed by atoms with van der Waals surface area (Å²) >= 11 is 0. The molecule has 0 saturated carbocycles. The van der Waals surface area contributed by atoms with Gasteiger partial charge in [-0.15, -0.1) is 0 Å². The summed E-state index contributed by atoms with van der Waals surface area (Å²) in [6, 6.07) is 13.8. The highest BCUT2D eigenvalue weighted by Crippen LogP contribution is 2.20. The van der Waals surface area contributed by atoms with Crippen molar-refractivity contribution in [3.63, 3.8) is 0 Å². The van der Waals surface area contributed by atoms with Crippen molar-refractivity contribution in [1.29, 1.82) is 0 Å². The molecule has 8 heteroatoms. The van der Waals surface area contributed by atoms with Crippen LogP contribution in [0, 0.1) is 0 Å². The molecule has 0 fully saturated rings. The SMILES string of the molecule is CCc1ccccc1OC(C)C(=O)NCCOc1ccc(S(=O)(=O)N(C)C)cc1. The van der Waals surface area contributed by atoms with Crippen LogP contribution in [0.1, 0.15) is 19.4 Å². The average molecular weight is 421 g/mol. The third-order valence-electron chi connectivity index (χ3n) is 4.30. The maximum atomic E-state index is 12.2. The minimum Gasteiger partial charge on any atom is -0.492 e. The second-order valence-electron chi connectivity index (χ2n) is 6.62. The number of nitrogens with zero attached hydrogens (tertiary/aromatic N) is 1. The normalized spacial score (nSPS) is 12.4. The van der Waals surface area contributed by atoms with Gasteiger partial charge in [0.2, 0.25) is 10.0 Å². The van der Waals surface area contributed by atoms with Crippen molar-refractivity contribution in [3.05, 3.63) is 54.1 Å². The predicted octanol–water partition coefficient (Wildman–Crippen LogP) is 2.46. The highest BCUT2D eigenvalue weighted by molar-refractivity contribution is 7.89. The molecule has 0 spiro atoms. The first-order valence-corrected chi connectivity index (χ1v) is 10.9. The molecule has 1 N–H and O–H groups in total. The van der Waals surface area contributed by atoms with Crippen molar-refractivity contribution in [2.45, 2.75) is 31.3 Å². The van der Waals surface area contributed by atoms with E-state index in [1.807, 2.05) is 31.2 Å². The highest BCUT2D eigenvalue weighted by Gasteiger charge is 2.17. The van der Waals surface area contributed by atoms with Crippen molar-refractivity contribution in [2.24, 2.45) is 0 Å². The molecule has 1 amide bonds. The van der Waals surface area contributed by atoms with Gasteiger partial charge in [0, 0.05) is 14.1 Å². The Kier molecular flexibility index (Phi) is 8.04. The van der Waals surface area contributed by atoms with Crippen LogP contribution in [-0.4, -0.2) is 52.0 Å². The Hall–Kier alpha value is -2.58. The minimum absolute atomic E-state index is 0.196. The number of para-hydroxylation sites is 1. The smallest absolute Gasteiger partial charge is 0.260 e. The molecule has 1 atom stereocenters. The zero-order valence-electron chi connectivity index (χ0n) is 17.2. The first-order valence-electron chi connectivity index (χ1n) is 9.43. The molecule has 0 aliphatic carbocycles. The molecule has 158 valence electrons. The van der Waals surface area contributed by atoms with Gasteiger partial charge in [-0.1, -0.05) is 25.1 Å². The molecule has 7 nitrogen and oxygen atoms in total. The van der Waals surface area contributed by atoms with Crippen LogP contribution in [0.5, 0.6) is 11.5 Å². The van der Waals surface area contributed by atoms with Gasteiger partial charge in [-0.25, -0.2) is 12.7 Å². The van der Waals surface area contributed by atoms with Gasteiger partial charge in [0.1, 0.15) is 18.1 Å². The van der Waals surface area contributed by atoms with Crippen molar-refractivity contribution in [3.8, 4) is 11.5 Å². The Bertz CT molecular complexity index is 911. The summed E-state index contributed by atoms with van der Waals surface area (Å²) in [5.41, 5.74) is 1.05. The molecule has 2 aromatic carbocycles. The van der Waals surface area contributed by atoms with Gasteiger partial charge in [0.25, 0.3) is 5.91 Å². The van der Waals surface area contributed by atoms with Crippen LogP contribution in [0.15, 0.2) is 53.4 Å². The van der Waals surface area contributed by atoms with E-state index in [1.165, 1.54) is 26.2 Å². The third-order valence-corrected chi connectivity index (χ3v) is 6.13. The molecule has 0 aliphatic rings. The van der Waals surface area contributed by atoms with Crippen LogP contribution in [0.3, 0.4) is 0 Å². The topological polar surface area (TPSA) is 84.9 Å². The largest absolute Gasteiger partial charge is 0.492 e. The molecule has 29 heavy (non-hydrogen) atoms. The summed E-state index contributed by atoms with van der Waals surface area (Å²) in [5, 5.41) is 2.77. The predicted molar refractivity (Wildman–Crippen MR) is 112 cm³/mol. The van der Waals surface area contributed by atoms with Crippen molar-refractivity contribution in [1.82, 2.24) is 9.62 Å². The Morgan fingerprint density at radius 1 is 1.10 bits per heavy atom. The van der Waals surface area contributed by atoms with Gasteiger partial charge in [0.05, 0.1) is 11.4 Å². The molecule has 0 heterocycles. The zero-order chi connectivity index (χ0) is 21.4. The van der Waals surface area contributed by atoms with E-state index in [0.29, 0.717) is 18.0 Å². The second kappa shape index (κ2) is 10.3. The second-order valence-corrected chi connectivity index (χ2v) is 8.77. The molecule has 2 aromatic rings. The number of aryl methyl sites for hydroxylation is 1. The number of benzene rings is 2. The Labute approximate surface area is 172 Å². The van der Waals surface area contributed by atoms with Crippen molar-refractivity contribution >= 4 is 15.9 Å². The molecular formula is C21H28N2O5S. The zero-order valence-corrected chi connectivity index (χ0v) is 18.0. The van der Waals surface area contributed by atoms with Crippen LogP contribution >= 0.6 is 0 Å². The molecule has 0 aromatic heterocycles. The fourth-order valence-corrected chi connectivity index (χ4v) is 3.46. The highest BCUT2D eigenvalue weighted by atomic mass is 32.2. The summed E-state index contributed by atoms with van der Waals surface area (Å²) in [7, 11) is -0.503. The quantitative estimate of drug-likeness (QED) is 0.597. The van der Waals surface area contributed by atoms with E-state index < -0.39 is 16.1 Å². The van der Waals surface area contributed by atoms with E-state index in [0.717, 1.165) is 16.3 Å². The van der Waals surface area contributed by atoms with Crippen molar-refractivity contribution in [2.75, 3.05) is 27.2 Å². The first kappa shape index (κ1) is 22.7. The lowest BCUT2D eigenvalue weighted by Crippen LogP contribution is -2.38. The van der Waals surface area contributed by atoms with E-state index in [1.54, 1.807) is 19.1 Å². The summed E-state index contributed by atoms with van der Waals surface area (Å²) in [5.74, 6) is 1.01. The van der Waals surface area contributed by atoms with Gasteiger partial charge in [0.15, 0.2) is 6.10 Å². The van der Waals surface area contributed by atoms with Gasteiger partial charge in [-0.3, -0.25) is 4.79 Å².